The molecular weight excluding hydrogens is 292 g/mol. The average molecular weight is 322 g/mol. The zero-order chi connectivity index (χ0) is 10.9. The second-order valence-corrected chi connectivity index (χ2v) is 3.12. The van der Waals surface area contributed by atoms with Gasteiger partial charge in [0, 0.05) is 21.7 Å². The average Bonchev–Trinajstić information content (AvgIpc) is 2.80. The molecule has 2 heteroatoms. The Labute approximate surface area is 149 Å². The van der Waals surface area contributed by atoms with Gasteiger partial charge in [0.25, 0.3) is 0 Å². The maximum absolute atomic E-state index is 9.19. The second-order valence-electron chi connectivity index (χ2n) is 3.12. The molecule has 1 nitrogen and oxygen atoms in total. The van der Waals surface area contributed by atoms with Crippen LogP contribution < -0.4 is 0 Å². The van der Waals surface area contributed by atoms with Crippen LogP contribution in [0.25, 0.3) is 0 Å². The normalized spacial score (nSPS) is 8.57. The Morgan fingerprint density at radius 3 is 2.00 bits per heavy atom. The molecule has 21 heavy (non-hydrogen) atoms. The molecule has 0 aromatic heterocycles. The quantitative estimate of drug-likeness (QED) is 0.422. The maximum Gasteiger partial charge on any atom is 0.119 e. The number of allylic oxidation sites excluding steroid dienone is 5. The van der Waals surface area contributed by atoms with E-state index in [0.717, 1.165) is 18.4 Å². The fourth-order valence-corrected chi connectivity index (χ4v) is 1.18. The van der Waals surface area contributed by atoms with E-state index in [9.17, 15) is 5.11 Å². The van der Waals surface area contributed by atoms with Crippen LogP contribution in [0.2, 0.25) is 0 Å². The number of phenols is 1. The van der Waals surface area contributed by atoms with E-state index in [1.165, 1.54) is 0 Å². The van der Waals surface area contributed by atoms with Crippen LogP contribution in [0.3, 0.4) is 0 Å². The molecule has 0 heterocycles. The van der Waals surface area contributed by atoms with Gasteiger partial charge < -0.3 is 42.2 Å². The fraction of sp³-hybridized carbons (Fsp3) is 0.105. The molecule has 0 unspecified atom stereocenters. The van der Waals surface area contributed by atoms with Crippen molar-refractivity contribution in [1.29, 1.82) is 0 Å². The minimum absolute atomic E-state index is 0. The maximum atomic E-state index is 9.19. The van der Waals surface area contributed by atoms with Crippen molar-refractivity contribution in [3.63, 3.8) is 0 Å². The molecule has 0 saturated carbocycles. The van der Waals surface area contributed by atoms with Crippen LogP contribution in [0.1, 0.15) is 12.0 Å². The van der Waals surface area contributed by atoms with Gasteiger partial charge in [0.2, 0.25) is 0 Å². The number of hydrogen-bond donors (Lipinski definition) is 1. The monoisotopic (exact) mass is 322 g/mol. The van der Waals surface area contributed by atoms with Crippen LogP contribution >= 0.6 is 0 Å². The molecule has 0 radical (unpaired) electrons. The minimum Gasteiger partial charge on any atom is -0.508 e. The standard InChI is InChI=1S/C9H10O.C5H5.5CH3.Ti/c1-2-5-8-6-3-4-7-9(8)10;1-2-4-5-3-1;;;;;;/h2-4,6-7,10H,1,5H2;1-3H,4H2;5*1H3;/q;6*-1;. The van der Waals surface area contributed by atoms with Crippen molar-refractivity contribution in [2.75, 3.05) is 0 Å². The molecule has 2 rings (SSSR count). The zero-order valence-corrected chi connectivity index (χ0v) is 15.7. The summed E-state index contributed by atoms with van der Waals surface area (Å²) in [6.07, 6.45) is 12.5. The third-order valence-corrected chi connectivity index (χ3v) is 1.94. The zero-order valence-electron chi connectivity index (χ0n) is 14.2. The molecule has 0 aliphatic heterocycles. The van der Waals surface area contributed by atoms with Crippen LogP contribution in [0, 0.1) is 43.2 Å². The predicted molar refractivity (Wildman–Crippen MR) is 95.6 cm³/mol. The first-order valence-electron chi connectivity index (χ1n) is 4.94. The van der Waals surface area contributed by atoms with E-state index < -0.39 is 0 Å². The summed E-state index contributed by atoms with van der Waals surface area (Å²) in [5.41, 5.74) is 0.928. The molecule has 1 N–H and O–H groups in total. The van der Waals surface area contributed by atoms with Gasteiger partial charge in [-0.2, -0.15) is 6.08 Å². The minimum atomic E-state index is 0. The first-order valence-corrected chi connectivity index (χ1v) is 4.94. The van der Waals surface area contributed by atoms with E-state index in [0.29, 0.717) is 5.75 Å². The van der Waals surface area contributed by atoms with E-state index in [4.69, 9.17) is 0 Å². The summed E-state index contributed by atoms with van der Waals surface area (Å²) < 4.78 is 0. The van der Waals surface area contributed by atoms with E-state index in [1.54, 1.807) is 12.1 Å². The molecule has 0 saturated heterocycles. The summed E-state index contributed by atoms with van der Waals surface area (Å²) in [5.74, 6) is 0.349. The molecule has 122 valence electrons. The van der Waals surface area contributed by atoms with Crippen molar-refractivity contribution < 1.29 is 26.8 Å². The fourth-order valence-electron chi connectivity index (χ4n) is 1.18. The Bertz CT molecular complexity index is 358. The largest absolute Gasteiger partial charge is 0.508 e. The first-order chi connectivity index (χ1) is 7.34. The summed E-state index contributed by atoms with van der Waals surface area (Å²) in [5, 5.41) is 9.19. The van der Waals surface area contributed by atoms with E-state index >= 15 is 0 Å². The van der Waals surface area contributed by atoms with Crippen LogP contribution in [0.5, 0.6) is 5.75 Å². The van der Waals surface area contributed by atoms with Gasteiger partial charge in [0.05, 0.1) is 0 Å². The van der Waals surface area contributed by atoms with Gasteiger partial charge >= 0.3 is 0 Å². The summed E-state index contributed by atoms with van der Waals surface area (Å²) in [4.78, 5) is 0. The Hall–Kier alpha value is -1.05. The first kappa shape index (κ1) is 36.8. The molecule has 0 bridgehead atoms. The van der Waals surface area contributed by atoms with Gasteiger partial charge in [-0.1, -0.05) is 24.3 Å². The number of aromatic hydroxyl groups is 1. The molecule has 1 aliphatic carbocycles. The molecule has 1 aliphatic rings. The number of para-hydroxylation sites is 1. The van der Waals surface area contributed by atoms with Crippen molar-refractivity contribution in [3.05, 3.63) is 104 Å². The van der Waals surface area contributed by atoms with Crippen molar-refractivity contribution in [2.45, 2.75) is 12.8 Å². The van der Waals surface area contributed by atoms with Crippen molar-refractivity contribution in [1.82, 2.24) is 0 Å². The summed E-state index contributed by atoms with van der Waals surface area (Å²) in [6, 6.07) is 7.27. The molecular formula is C19H30OTi-6. The van der Waals surface area contributed by atoms with Gasteiger partial charge in [0.1, 0.15) is 5.75 Å². The Balaban J connectivity index is -0.0000000458. The second kappa shape index (κ2) is 24.0. The van der Waals surface area contributed by atoms with Crippen molar-refractivity contribution in [2.24, 2.45) is 0 Å². The van der Waals surface area contributed by atoms with Crippen LogP contribution in [0.4, 0.5) is 0 Å². The number of rotatable bonds is 2. The van der Waals surface area contributed by atoms with Gasteiger partial charge in [-0.25, -0.2) is 12.2 Å². The number of phenolic OH excluding ortho intramolecular Hbond substituents is 1. The summed E-state index contributed by atoms with van der Waals surface area (Å²) in [6.45, 7) is 3.59. The number of benzene rings is 1. The van der Waals surface area contributed by atoms with Gasteiger partial charge in [0.15, 0.2) is 0 Å². The third-order valence-electron chi connectivity index (χ3n) is 1.94. The SMILES string of the molecule is C=CCc1ccccc1O.[C-]1=CC=CC1.[CH3-].[CH3-].[CH3-].[CH3-].[CH3-].[Ti]. The third kappa shape index (κ3) is 16.9. The molecule has 1 aromatic rings. The Morgan fingerprint density at radius 2 is 1.67 bits per heavy atom. The number of hydrogen-bond acceptors (Lipinski definition) is 1. The molecule has 0 amide bonds. The van der Waals surface area contributed by atoms with Crippen LogP contribution in [0.15, 0.2) is 55.1 Å². The van der Waals surface area contributed by atoms with Crippen molar-refractivity contribution >= 4 is 0 Å². The Kier molecular flexibility index (Phi) is 42.1. The van der Waals surface area contributed by atoms with E-state index in [2.05, 4.69) is 18.7 Å². The molecule has 0 spiro atoms. The van der Waals surface area contributed by atoms with Gasteiger partial charge in [-0.3, -0.25) is 6.08 Å². The smallest absolute Gasteiger partial charge is 0.119 e. The topological polar surface area (TPSA) is 20.2 Å². The summed E-state index contributed by atoms with van der Waals surface area (Å²) >= 11 is 0. The van der Waals surface area contributed by atoms with Gasteiger partial charge in [-0.05, 0) is 18.1 Å². The predicted octanol–water partition coefficient (Wildman–Crippen LogP) is 5.68. The van der Waals surface area contributed by atoms with Gasteiger partial charge in [-0.15, -0.1) is 13.0 Å². The Morgan fingerprint density at radius 1 is 1.10 bits per heavy atom. The van der Waals surface area contributed by atoms with Crippen LogP contribution in [-0.2, 0) is 28.1 Å². The van der Waals surface area contributed by atoms with Crippen molar-refractivity contribution in [3.8, 4) is 5.75 Å². The molecule has 0 fully saturated rings. The molecule has 1 aromatic carbocycles. The van der Waals surface area contributed by atoms with E-state index in [-0.39, 0.29) is 58.9 Å². The van der Waals surface area contributed by atoms with E-state index in [1.807, 2.05) is 30.4 Å². The summed E-state index contributed by atoms with van der Waals surface area (Å²) in [7, 11) is 0. The van der Waals surface area contributed by atoms with Crippen LogP contribution in [-0.4, -0.2) is 5.11 Å². The molecule has 0 atom stereocenters.